The Hall–Kier alpha value is -3.68. The molecule has 3 aromatic carbocycles. The standard InChI is InChI=1S/C31H36N2O5/c1-22(2)37-19-9-18-33-30(26-12-7-8-13-27(26)31(33)35)32-28(20-29(34)36-3)24-14-16-25(17-15-24)38-21-23-10-5-4-6-11-23/h4-8,10-17,22,28,30,32H,9,18-21H2,1-3H3/t28-,30-/m0/s1. The molecule has 0 spiro atoms. The Morgan fingerprint density at radius 2 is 1.68 bits per heavy atom. The molecule has 0 aromatic heterocycles. The van der Waals surface area contributed by atoms with Gasteiger partial charge in [0.15, 0.2) is 0 Å². The number of esters is 1. The molecule has 1 aliphatic heterocycles. The summed E-state index contributed by atoms with van der Waals surface area (Å²) in [6.07, 6.45) is 0.601. The summed E-state index contributed by atoms with van der Waals surface area (Å²) in [4.78, 5) is 27.5. The second-order valence-electron chi connectivity index (χ2n) is 9.60. The molecule has 1 amide bonds. The number of nitrogens with one attached hydrogen (secondary N) is 1. The molecule has 0 unspecified atom stereocenters. The van der Waals surface area contributed by atoms with Gasteiger partial charge in [-0.05, 0) is 49.6 Å². The second-order valence-corrected chi connectivity index (χ2v) is 9.60. The van der Waals surface area contributed by atoms with Gasteiger partial charge in [0.2, 0.25) is 0 Å². The number of rotatable bonds is 13. The molecule has 200 valence electrons. The van der Waals surface area contributed by atoms with Crippen molar-refractivity contribution in [3.05, 3.63) is 101 Å². The zero-order chi connectivity index (χ0) is 26.9. The number of methoxy groups -OCH3 is 1. The van der Waals surface area contributed by atoms with Gasteiger partial charge in [-0.25, -0.2) is 0 Å². The fourth-order valence-corrected chi connectivity index (χ4v) is 4.59. The predicted molar refractivity (Wildman–Crippen MR) is 146 cm³/mol. The number of ether oxygens (including phenoxy) is 3. The van der Waals surface area contributed by atoms with Crippen molar-refractivity contribution in [3.8, 4) is 5.75 Å². The van der Waals surface area contributed by atoms with Crippen molar-refractivity contribution in [2.24, 2.45) is 0 Å². The van der Waals surface area contributed by atoms with E-state index in [2.05, 4.69) is 5.32 Å². The van der Waals surface area contributed by atoms with Gasteiger partial charge >= 0.3 is 5.97 Å². The molecule has 38 heavy (non-hydrogen) atoms. The van der Waals surface area contributed by atoms with Crippen LogP contribution in [0.2, 0.25) is 0 Å². The van der Waals surface area contributed by atoms with Gasteiger partial charge in [-0.2, -0.15) is 0 Å². The maximum Gasteiger partial charge on any atom is 0.307 e. The van der Waals surface area contributed by atoms with Crippen LogP contribution in [-0.4, -0.2) is 43.1 Å². The maximum atomic E-state index is 13.3. The number of benzene rings is 3. The molecule has 0 fully saturated rings. The van der Waals surface area contributed by atoms with Crippen molar-refractivity contribution >= 4 is 11.9 Å². The van der Waals surface area contributed by atoms with Crippen LogP contribution in [0.1, 0.15) is 65.9 Å². The molecule has 2 atom stereocenters. The molecule has 0 bridgehead atoms. The number of carbonyl (C=O) groups is 2. The molecule has 1 heterocycles. The lowest BCUT2D eigenvalue weighted by molar-refractivity contribution is -0.141. The summed E-state index contributed by atoms with van der Waals surface area (Å²) in [6, 6.07) is 24.9. The van der Waals surface area contributed by atoms with E-state index in [1.54, 1.807) is 0 Å². The molecular formula is C31H36N2O5. The van der Waals surface area contributed by atoms with Gasteiger partial charge < -0.3 is 19.1 Å². The highest BCUT2D eigenvalue weighted by Crippen LogP contribution is 2.35. The van der Waals surface area contributed by atoms with Crippen molar-refractivity contribution in [1.29, 1.82) is 0 Å². The number of carbonyl (C=O) groups excluding carboxylic acids is 2. The summed E-state index contributed by atoms with van der Waals surface area (Å²) in [5.41, 5.74) is 3.57. The number of hydrogen-bond donors (Lipinski definition) is 1. The van der Waals surface area contributed by atoms with Crippen LogP contribution in [0.25, 0.3) is 0 Å². The molecule has 0 radical (unpaired) electrons. The summed E-state index contributed by atoms with van der Waals surface area (Å²) in [6.45, 7) is 5.57. The third kappa shape index (κ3) is 7.00. The van der Waals surface area contributed by atoms with Crippen molar-refractivity contribution in [3.63, 3.8) is 0 Å². The minimum Gasteiger partial charge on any atom is -0.489 e. The monoisotopic (exact) mass is 516 g/mol. The Balaban J connectivity index is 1.52. The molecule has 4 rings (SSSR count). The Morgan fingerprint density at radius 3 is 2.39 bits per heavy atom. The van der Waals surface area contributed by atoms with Crippen molar-refractivity contribution in [2.75, 3.05) is 20.3 Å². The first-order chi connectivity index (χ1) is 18.5. The van der Waals surface area contributed by atoms with Gasteiger partial charge in [-0.15, -0.1) is 0 Å². The lowest BCUT2D eigenvalue weighted by Crippen LogP contribution is -2.40. The van der Waals surface area contributed by atoms with E-state index in [0.717, 1.165) is 22.4 Å². The molecule has 7 heteroatoms. The summed E-state index contributed by atoms with van der Waals surface area (Å²) in [5, 5.41) is 3.58. The van der Waals surface area contributed by atoms with E-state index in [1.165, 1.54) is 7.11 Å². The smallest absolute Gasteiger partial charge is 0.307 e. The first-order valence-corrected chi connectivity index (χ1v) is 13.1. The lowest BCUT2D eigenvalue weighted by atomic mass is 10.0. The average Bonchev–Trinajstić information content (AvgIpc) is 3.20. The van der Waals surface area contributed by atoms with E-state index < -0.39 is 0 Å². The molecule has 1 N–H and O–H groups in total. The number of hydrogen-bond acceptors (Lipinski definition) is 6. The van der Waals surface area contributed by atoms with Crippen molar-refractivity contribution < 1.29 is 23.8 Å². The van der Waals surface area contributed by atoms with E-state index >= 15 is 0 Å². The van der Waals surface area contributed by atoms with Gasteiger partial charge in [0.25, 0.3) is 5.91 Å². The number of amides is 1. The number of nitrogens with zero attached hydrogens (tertiary/aromatic N) is 1. The molecule has 1 aliphatic rings. The zero-order valence-corrected chi connectivity index (χ0v) is 22.3. The fraction of sp³-hybridized carbons (Fsp3) is 0.355. The van der Waals surface area contributed by atoms with Gasteiger partial charge in [0.05, 0.1) is 19.6 Å². The third-order valence-corrected chi connectivity index (χ3v) is 6.54. The first-order valence-electron chi connectivity index (χ1n) is 13.1. The van der Waals surface area contributed by atoms with E-state index in [1.807, 2.05) is 97.6 Å². The SMILES string of the molecule is COC(=O)C[C@H](N[C@@H]1c2ccccc2C(=O)N1CCCOC(C)C)c1ccc(OCc2ccccc2)cc1. The highest BCUT2D eigenvalue weighted by atomic mass is 16.5. The Bertz CT molecular complexity index is 1200. The Labute approximate surface area is 224 Å². The summed E-state index contributed by atoms with van der Waals surface area (Å²) in [5.74, 6) is 0.383. The minimum atomic E-state index is -0.374. The summed E-state index contributed by atoms with van der Waals surface area (Å²) in [7, 11) is 1.38. The molecular weight excluding hydrogens is 480 g/mol. The second kappa shape index (κ2) is 13.2. The van der Waals surface area contributed by atoms with Crippen LogP contribution in [0.5, 0.6) is 5.75 Å². The van der Waals surface area contributed by atoms with Crippen molar-refractivity contribution in [2.45, 2.75) is 51.6 Å². The Morgan fingerprint density at radius 1 is 0.974 bits per heavy atom. The van der Waals surface area contributed by atoms with Crippen LogP contribution >= 0.6 is 0 Å². The predicted octanol–water partition coefficient (Wildman–Crippen LogP) is 5.43. The van der Waals surface area contributed by atoms with Crippen LogP contribution in [0.4, 0.5) is 0 Å². The van der Waals surface area contributed by atoms with E-state index in [0.29, 0.717) is 31.7 Å². The van der Waals surface area contributed by atoms with Crippen molar-refractivity contribution in [1.82, 2.24) is 10.2 Å². The molecule has 7 nitrogen and oxygen atoms in total. The van der Waals surface area contributed by atoms with E-state index in [4.69, 9.17) is 14.2 Å². The van der Waals surface area contributed by atoms with E-state index in [9.17, 15) is 9.59 Å². The van der Waals surface area contributed by atoms with Crippen LogP contribution < -0.4 is 10.1 Å². The molecule has 0 saturated heterocycles. The molecule has 0 aliphatic carbocycles. The van der Waals surface area contributed by atoms with Crippen LogP contribution in [0.3, 0.4) is 0 Å². The number of fused-ring (bicyclic) bond motifs is 1. The highest BCUT2D eigenvalue weighted by Gasteiger charge is 2.37. The molecule has 3 aromatic rings. The van der Waals surface area contributed by atoms with E-state index in [-0.39, 0.29) is 36.6 Å². The van der Waals surface area contributed by atoms with Gasteiger partial charge in [-0.3, -0.25) is 14.9 Å². The quantitative estimate of drug-likeness (QED) is 0.241. The minimum absolute atomic E-state index is 0.0240. The van der Waals surface area contributed by atoms with Gasteiger partial charge in [0.1, 0.15) is 18.5 Å². The Kier molecular flexibility index (Phi) is 9.51. The maximum absolute atomic E-state index is 13.3. The largest absolute Gasteiger partial charge is 0.489 e. The van der Waals surface area contributed by atoms with Crippen LogP contribution in [-0.2, 0) is 20.9 Å². The third-order valence-electron chi connectivity index (χ3n) is 6.54. The lowest BCUT2D eigenvalue weighted by Gasteiger charge is -2.30. The average molecular weight is 517 g/mol. The zero-order valence-electron chi connectivity index (χ0n) is 22.3. The van der Waals surface area contributed by atoms with Gasteiger partial charge in [0, 0.05) is 30.3 Å². The topological polar surface area (TPSA) is 77.1 Å². The van der Waals surface area contributed by atoms with Gasteiger partial charge in [-0.1, -0.05) is 60.7 Å². The summed E-state index contributed by atoms with van der Waals surface area (Å²) >= 11 is 0. The summed E-state index contributed by atoms with van der Waals surface area (Å²) < 4.78 is 16.6. The molecule has 0 saturated carbocycles. The fourth-order valence-electron chi connectivity index (χ4n) is 4.59. The van der Waals surface area contributed by atoms with Crippen LogP contribution in [0, 0.1) is 0 Å². The van der Waals surface area contributed by atoms with Crippen LogP contribution in [0.15, 0.2) is 78.9 Å². The highest BCUT2D eigenvalue weighted by molar-refractivity contribution is 5.99. The normalized spacial score (nSPS) is 15.4. The first kappa shape index (κ1) is 27.4.